The van der Waals surface area contributed by atoms with Gasteiger partial charge in [-0.2, -0.15) is 5.10 Å². The molecule has 1 aromatic heterocycles. The lowest BCUT2D eigenvalue weighted by Crippen LogP contribution is -2.05. The number of hydrogen-bond donors (Lipinski definition) is 1. The summed E-state index contributed by atoms with van der Waals surface area (Å²) in [5.41, 5.74) is 0.786. The van der Waals surface area contributed by atoms with Crippen LogP contribution in [-0.2, 0) is 9.47 Å². The molecule has 2 rings (SSSR count). The van der Waals surface area contributed by atoms with Gasteiger partial charge in [0.15, 0.2) is 5.75 Å². The van der Waals surface area contributed by atoms with Gasteiger partial charge >= 0.3 is 11.9 Å². The predicted molar refractivity (Wildman–Crippen MR) is 67.9 cm³/mol. The summed E-state index contributed by atoms with van der Waals surface area (Å²) in [6, 6.07) is 6.33. The fourth-order valence-corrected chi connectivity index (χ4v) is 1.61. The fraction of sp³-hybridized carbons (Fsp3) is 0.154. The van der Waals surface area contributed by atoms with Crippen LogP contribution in [0.1, 0.15) is 20.8 Å². The van der Waals surface area contributed by atoms with Crippen molar-refractivity contribution in [2.75, 3.05) is 14.2 Å². The van der Waals surface area contributed by atoms with Gasteiger partial charge < -0.3 is 14.6 Å². The van der Waals surface area contributed by atoms with Crippen LogP contribution in [0.15, 0.2) is 30.5 Å². The first-order valence-electron chi connectivity index (χ1n) is 5.62. The summed E-state index contributed by atoms with van der Waals surface area (Å²) in [5, 5.41) is 13.5. The molecular formula is C13H12N2O5. The van der Waals surface area contributed by atoms with Gasteiger partial charge in [-0.05, 0) is 24.3 Å². The van der Waals surface area contributed by atoms with Crippen molar-refractivity contribution < 1.29 is 24.2 Å². The molecule has 0 atom stereocenters. The van der Waals surface area contributed by atoms with Crippen molar-refractivity contribution in [1.29, 1.82) is 0 Å². The zero-order chi connectivity index (χ0) is 14.7. The summed E-state index contributed by atoms with van der Waals surface area (Å²) in [6.45, 7) is 0. The molecule has 0 unspecified atom stereocenters. The molecule has 0 fully saturated rings. The van der Waals surface area contributed by atoms with Crippen LogP contribution < -0.4 is 0 Å². The first-order chi connectivity index (χ1) is 9.56. The molecule has 1 N–H and O–H groups in total. The molecule has 7 nitrogen and oxygen atoms in total. The third-order valence-corrected chi connectivity index (χ3v) is 2.63. The summed E-state index contributed by atoms with van der Waals surface area (Å²) < 4.78 is 10.4. The van der Waals surface area contributed by atoms with Crippen LogP contribution in [0, 0.1) is 0 Å². The second-order valence-corrected chi connectivity index (χ2v) is 3.84. The lowest BCUT2D eigenvalue weighted by Gasteiger charge is -2.02. The Labute approximate surface area is 114 Å². The fourth-order valence-electron chi connectivity index (χ4n) is 1.61. The quantitative estimate of drug-likeness (QED) is 0.846. The number of rotatable bonds is 3. The second-order valence-electron chi connectivity index (χ2n) is 3.84. The summed E-state index contributed by atoms with van der Waals surface area (Å²) in [7, 11) is 2.50. The molecule has 0 saturated carbocycles. The van der Waals surface area contributed by atoms with Crippen LogP contribution in [0.3, 0.4) is 0 Å². The molecular weight excluding hydrogens is 264 g/mol. The normalized spacial score (nSPS) is 10.1. The van der Waals surface area contributed by atoms with Crippen LogP contribution in [0.25, 0.3) is 5.69 Å². The molecule has 2 aromatic rings. The van der Waals surface area contributed by atoms with Gasteiger partial charge in [-0.15, -0.1) is 0 Å². The predicted octanol–water partition coefficient (Wildman–Crippen LogP) is 1.15. The summed E-state index contributed by atoms with van der Waals surface area (Å²) in [4.78, 5) is 22.6. The van der Waals surface area contributed by atoms with E-state index in [1.807, 2.05) is 0 Å². The summed E-state index contributed by atoms with van der Waals surface area (Å²) in [5.74, 6) is -1.46. The zero-order valence-electron chi connectivity index (χ0n) is 10.9. The third-order valence-electron chi connectivity index (χ3n) is 2.63. The topological polar surface area (TPSA) is 90.7 Å². The smallest absolute Gasteiger partial charge is 0.362 e. The van der Waals surface area contributed by atoms with E-state index < -0.39 is 11.9 Å². The number of carbonyl (C=O) groups excluding carboxylic acids is 2. The van der Waals surface area contributed by atoms with Crippen molar-refractivity contribution in [3.8, 4) is 11.4 Å². The maximum absolute atomic E-state index is 11.3. The molecule has 0 bridgehead atoms. The average Bonchev–Trinajstić information content (AvgIpc) is 2.87. The first-order valence-corrected chi connectivity index (χ1v) is 5.62. The highest BCUT2D eigenvalue weighted by Crippen LogP contribution is 2.19. The van der Waals surface area contributed by atoms with Gasteiger partial charge in [0.05, 0.1) is 31.7 Å². The molecule has 0 saturated heterocycles. The Morgan fingerprint density at radius 1 is 1.10 bits per heavy atom. The Balaban J connectivity index is 2.33. The van der Waals surface area contributed by atoms with Gasteiger partial charge in [0.1, 0.15) is 0 Å². The van der Waals surface area contributed by atoms with E-state index in [9.17, 15) is 14.7 Å². The number of nitrogens with zero attached hydrogens (tertiary/aromatic N) is 2. The minimum Gasteiger partial charge on any atom is -0.504 e. The number of esters is 2. The monoisotopic (exact) mass is 276 g/mol. The van der Waals surface area contributed by atoms with Crippen LogP contribution >= 0.6 is 0 Å². The number of aromatic hydroxyl groups is 1. The molecule has 0 aliphatic carbocycles. The molecule has 1 heterocycles. The van der Waals surface area contributed by atoms with E-state index in [0.29, 0.717) is 11.3 Å². The van der Waals surface area contributed by atoms with Crippen LogP contribution in [-0.4, -0.2) is 41.0 Å². The van der Waals surface area contributed by atoms with Gasteiger partial charge in [-0.1, -0.05) is 0 Å². The van der Waals surface area contributed by atoms with E-state index in [2.05, 4.69) is 14.6 Å². The van der Waals surface area contributed by atoms with Crippen molar-refractivity contribution in [1.82, 2.24) is 9.78 Å². The van der Waals surface area contributed by atoms with E-state index in [4.69, 9.17) is 0 Å². The molecule has 20 heavy (non-hydrogen) atoms. The maximum atomic E-state index is 11.3. The summed E-state index contributed by atoms with van der Waals surface area (Å²) >= 11 is 0. The van der Waals surface area contributed by atoms with E-state index in [1.165, 1.54) is 25.1 Å². The maximum Gasteiger partial charge on any atom is 0.362 e. The molecule has 0 spiro atoms. The van der Waals surface area contributed by atoms with Crippen molar-refractivity contribution in [3.05, 3.63) is 41.7 Å². The standard InChI is InChI=1S/C13H12N2O5/c1-19-12(17)8-3-5-9(6-4-8)15-7-10(16)11(14-15)13(18)20-2/h3-7,16H,1-2H3. The van der Waals surface area contributed by atoms with Gasteiger partial charge in [0.25, 0.3) is 0 Å². The highest BCUT2D eigenvalue weighted by Gasteiger charge is 2.17. The Bertz CT molecular complexity index is 645. The molecule has 0 radical (unpaired) electrons. The molecule has 0 aliphatic heterocycles. The van der Waals surface area contributed by atoms with Crippen molar-refractivity contribution in [3.63, 3.8) is 0 Å². The highest BCUT2D eigenvalue weighted by molar-refractivity contribution is 5.90. The van der Waals surface area contributed by atoms with Crippen molar-refractivity contribution >= 4 is 11.9 Å². The average molecular weight is 276 g/mol. The largest absolute Gasteiger partial charge is 0.504 e. The van der Waals surface area contributed by atoms with E-state index in [0.717, 1.165) is 0 Å². The Hall–Kier alpha value is -2.83. The molecule has 7 heteroatoms. The SMILES string of the molecule is COC(=O)c1ccc(-n2cc(O)c(C(=O)OC)n2)cc1. The Morgan fingerprint density at radius 3 is 2.25 bits per heavy atom. The molecule has 0 amide bonds. The minimum atomic E-state index is -0.729. The molecule has 0 aliphatic rings. The van der Waals surface area contributed by atoms with Crippen molar-refractivity contribution in [2.45, 2.75) is 0 Å². The van der Waals surface area contributed by atoms with Gasteiger partial charge in [0.2, 0.25) is 5.69 Å². The lowest BCUT2D eigenvalue weighted by atomic mass is 10.2. The number of aromatic nitrogens is 2. The van der Waals surface area contributed by atoms with Crippen LogP contribution in [0.4, 0.5) is 0 Å². The van der Waals surface area contributed by atoms with E-state index >= 15 is 0 Å². The minimum absolute atomic E-state index is 0.176. The number of methoxy groups -OCH3 is 2. The van der Waals surface area contributed by atoms with Gasteiger partial charge in [0, 0.05) is 0 Å². The van der Waals surface area contributed by atoms with Crippen LogP contribution in [0.2, 0.25) is 0 Å². The number of hydrogen-bond acceptors (Lipinski definition) is 6. The zero-order valence-corrected chi connectivity index (χ0v) is 10.9. The lowest BCUT2D eigenvalue weighted by molar-refractivity contribution is 0.0585. The third kappa shape index (κ3) is 2.46. The Kier molecular flexibility index (Phi) is 3.69. The summed E-state index contributed by atoms with van der Waals surface area (Å²) in [6.07, 6.45) is 1.28. The van der Waals surface area contributed by atoms with Crippen LogP contribution in [0.5, 0.6) is 5.75 Å². The second kappa shape index (κ2) is 5.43. The van der Waals surface area contributed by atoms with Gasteiger partial charge in [-0.3, -0.25) is 0 Å². The highest BCUT2D eigenvalue weighted by atomic mass is 16.5. The van der Waals surface area contributed by atoms with E-state index in [1.54, 1.807) is 24.3 Å². The first kappa shape index (κ1) is 13.6. The Morgan fingerprint density at radius 2 is 1.70 bits per heavy atom. The van der Waals surface area contributed by atoms with E-state index in [-0.39, 0.29) is 11.4 Å². The number of benzene rings is 1. The number of carbonyl (C=O) groups is 2. The molecule has 1 aromatic carbocycles. The number of ether oxygens (including phenoxy) is 2. The molecule has 104 valence electrons. The van der Waals surface area contributed by atoms with Gasteiger partial charge in [-0.25, -0.2) is 14.3 Å². The van der Waals surface area contributed by atoms with Crippen molar-refractivity contribution in [2.24, 2.45) is 0 Å².